The molecule has 0 saturated heterocycles. The third-order valence-corrected chi connectivity index (χ3v) is 2.73. The number of hydrogen-bond acceptors (Lipinski definition) is 1. The molecule has 0 bridgehead atoms. The Bertz CT molecular complexity index is 320. The highest BCUT2D eigenvalue weighted by Gasteiger charge is 2.09. The minimum absolute atomic E-state index is 0.161. The minimum atomic E-state index is -0.297. The van der Waals surface area contributed by atoms with E-state index in [-0.39, 0.29) is 17.8 Å². The number of aliphatic hydroxyl groups excluding tert-OH is 1. The highest BCUT2D eigenvalue weighted by molar-refractivity contribution is 5.23. The van der Waals surface area contributed by atoms with Crippen molar-refractivity contribution in [2.75, 3.05) is 0 Å². The molecule has 1 aromatic carbocycles. The van der Waals surface area contributed by atoms with Crippen molar-refractivity contribution in [3.63, 3.8) is 0 Å². The molecule has 1 aromatic rings. The van der Waals surface area contributed by atoms with E-state index >= 15 is 0 Å². The monoisotopic (exact) mass is 210 g/mol. The minimum Gasteiger partial charge on any atom is -0.393 e. The van der Waals surface area contributed by atoms with E-state index in [9.17, 15) is 9.50 Å². The summed E-state index contributed by atoms with van der Waals surface area (Å²) in [5.74, 6) is 0.104. The van der Waals surface area contributed by atoms with Crippen LogP contribution in [0.2, 0.25) is 0 Å². The maximum Gasteiger partial charge on any atom is 0.126 e. The third-order valence-electron chi connectivity index (χ3n) is 2.73. The predicted octanol–water partition coefficient (Wildman–Crippen LogP) is 3.08. The normalized spacial score (nSPS) is 13.2. The van der Waals surface area contributed by atoms with Crippen LogP contribution in [0.1, 0.15) is 31.4 Å². The van der Waals surface area contributed by atoms with Gasteiger partial charge in [-0.1, -0.05) is 26.0 Å². The fraction of sp³-hybridized carbons (Fsp3) is 0.538. The van der Waals surface area contributed by atoms with Crippen molar-refractivity contribution >= 4 is 0 Å². The SMILES string of the molecule is Cc1ccc(CCC(O)C(C)C)cc1F. The second-order valence-corrected chi connectivity index (χ2v) is 4.43. The van der Waals surface area contributed by atoms with Gasteiger partial charge in [0, 0.05) is 0 Å². The van der Waals surface area contributed by atoms with Crippen LogP contribution in [0.3, 0.4) is 0 Å². The van der Waals surface area contributed by atoms with Gasteiger partial charge in [0.2, 0.25) is 0 Å². The molecule has 0 aromatic heterocycles. The summed E-state index contributed by atoms with van der Waals surface area (Å²) in [7, 11) is 0. The molecule has 84 valence electrons. The summed E-state index contributed by atoms with van der Waals surface area (Å²) in [4.78, 5) is 0. The van der Waals surface area contributed by atoms with Crippen LogP contribution in [0.15, 0.2) is 18.2 Å². The summed E-state index contributed by atoms with van der Waals surface area (Å²) < 4.78 is 13.2. The topological polar surface area (TPSA) is 20.2 Å². The van der Waals surface area contributed by atoms with Crippen molar-refractivity contribution in [3.05, 3.63) is 35.1 Å². The molecule has 1 unspecified atom stereocenters. The van der Waals surface area contributed by atoms with Crippen LogP contribution >= 0.6 is 0 Å². The number of halogens is 1. The summed E-state index contributed by atoms with van der Waals surface area (Å²) in [6, 6.07) is 5.26. The molecule has 1 nitrogen and oxygen atoms in total. The quantitative estimate of drug-likeness (QED) is 0.809. The van der Waals surface area contributed by atoms with Crippen LogP contribution in [0, 0.1) is 18.7 Å². The van der Waals surface area contributed by atoms with Crippen LogP contribution in [0.25, 0.3) is 0 Å². The van der Waals surface area contributed by atoms with Crippen LogP contribution < -0.4 is 0 Å². The second-order valence-electron chi connectivity index (χ2n) is 4.43. The standard InChI is InChI=1S/C13H19FO/c1-9(2)13(15)7-6-11-5-4-10(3)12(14)8-11/h4-5,8-9,13,15H,6-7H2,1-3H3. The van der Waals surface area contributed by atoms with E-state index in [0.717, 1.165) is 12.0 Å². The first-order chi connectivity index (χ1) is 7.00. The fourth-order valence-electron chi connectivity index (χ4n) is 1.44. The molecule has 2 heteroatoms. The van der Waals surface area contributed by atoms with Gasteiger partial charge in [-0.05, 0) is 42.9 Å². The number of benzene rings is 1. The van der Waals surface area contributed by atoms with Gasteiger partial charge in [-0.25, -0.2) is 4.39 Å². The zero-order valence-corrected chi connectivity index (χ0v) is 9.63. The average Bonchev–Trinajstić information content (AvgIpc) is 2.19. The fourth-order valence-corrected chi connectivity index (χ4v) is 1.44. The maximum absolute atomic E-state index is 13.2. The van der Waals surface area contributed by atoms with Gasteiger partial charge < -0.3 is 5.11 Å². The van der Waals surface area contributed by atoms with Crippen molar-refractivity contribution in [1.29, 1.82) is 0 Å². The number of rotatable bonds is 4. The highest BCUT2D eigenvalue weighted by Crippen LogP contribution is 2.14. The van der Waals surface area contributed by atoms with Gasteiger partial charge in [0.1, 0.15) is 5.82 Å². The first kappa shape index (κ1) is 12.2. The molecule has 1 N–H and O–H groups in total. The van der Waals surface area contributed by atoms with Crippen molar-refractivity contribution < 1.29 is 9.50 Å². The van der Waals surface area contributed by atoms with E-state index in [1.807, 2.05) is 19.9 Å². The lowest BCUT2D eigenvalue weighted by Gasteiger charge is -2.14. The smallest absolute Gasteiger partial charge is 0.126 e. The Labute approximate surface area is 90.9 Å². The Kier molecular flexibility index (Phi) is 4.28. The van der Waals surface area contributed by atoms with E-state index in [1.54, 1.807) is 19.1 Å². The van der Waals surface area contributed by atoms with Crippen molar-refractivity contribution in [2.24, 2.45) is 5.92 Å². The number of aryl methyl sites for hydroxylation is 2. The van der Waals surface area contributed by atoms with Crippen LogP contribution in [-0.4, -0.2) is 11.2 Å². The number of hydrogen-bond donors (Lipinski definition) is 1. The molecule has 0 amide bonds. The van der Waals surface area contributed by atoms with Gasteiger partial charge in [-0.2, -0.15) is 0 Å². The molecular weight excluding hydrogens is 191 g/mol. The molecular formula is C13H19FO. The summed E-state index contributed by atoms with van der Waals surface area (Å²) in [6.07, 6.45) is 1.13. The van der Waals surface area contributed by atoms with Gasteiger partial charge in [-0.3, -0.25) is 0 Å². The summed E-state index contributed by atoms with van der Waals surface area (Å²) >= 11 is 0. The number of aliphatic hydroxyl groups is 1. The lowest BCUT2D eigenvalue weighted by Crippen LogP contribution is -2.15. The largest absolute Gasteiger partial charge is 0.393 e. The van der Waals surface area contributed by atoms with E-state index in [4.69, 9.17) is 0 Å². The predicted molar refractivity (Wildman–Crippen MR) is 60.3 cm³/mol. The van der Waals surface area contributed by atoms with E-state index < -0.39 is 0 Å². The van der Waals surface area contributed by atoms with Crippen molar-refractivity contribution in [2.45, 2.75) is 39.7 Å². The lowest BCUT2D eigenvalue weighted by atomic mass is 9.99. The van der Waals surface area contributed by atoms with Crippen LogP contribution in [0.5, 0.6) is 0 Å². The summed E-state index contributed by atoms with van der Waals surface area (Å²) in [6.45, 7) is 5.73. The van der Waals surface area contributed by atoms with E-state index in [2.05, 4.69) is 0 Å². The zero-order chi connectivity index (χ0) is 11.4. The van der Waals surface area contributed by atoms with Gasteiger partial charge >= 0.3 is 0 Å². The Morgan fingerprint density at radius 3 is 2.53 bits per heavy atom. The van der Waals surface area contributed by atoms with Gasteiger partial charge in [-0.15, -0.1) is 0 Å². The van der Waals surface area contributed by atoms with Gasteiger partial charge in [0.25, 0.3) is 0 Å². The molecule has 0 aliphatic carbocycles. The van der Waals surface area contributed by atoms with E-state index in [1.165, 1.54) is 0 Å². The van der Waals surface area contributed by atoms with Crippen molar-refractivity contribution in [3.8, 4) is 0 Å². The maximum atomic E-state index is 13.2. The Morgan fingerprint density at radius 1 is 1.33 bits per heavy atom. The first-order valence-corrected chi connectivity index (χ1v) is 5.44. The van der Waals surface area contributed by atoms with Gasteiger partial charge in [0.05, 0.1) is 6.10 Å². The average molecular weight is 210 g/mol. The molecule has 0 fully saturated rings. The molecule has 0 aliphatic heterocycles. The molecule has 0 spiro atoms. The molecule has 15 heavy (non-hydrogen) atoms. The molecule has 0 radical (unpaired) electrons. The summed E-state index contributed by atoms with van der Waals surface area (Å²) in [5, 5.41) is 9.62. The molecule has 0 heterocycles. The summed E-state index contributed by atoms with van der Waals surface area (Å²) in [5.41, 5.74) is 1.63. The highest BCUT2D eigenvalue weighted by atomic mass is 19.1. The van der Waals surface area contributed by atoms with Crippen LogP contribution in [0.4, 0.5) is 4.39 Å². The lowest BCUT2D eigenvalue weighted by molar-refractivity contribution is 0.116. The van der Waals surface area contributed by atoms with Crippen molar-refractivity contribution in [1.82, 2.24) is 0 Å². The molecule has 1 atom stereocenters. The molecule has 0 saturated carbocycles. The second kappa shape index (κ2) is 5.26. The Hall–Kier alpha value is -0.890. The molecule has 1 rings (SSSR count). The zero-order valence-electron chi connectivity index (χ0n) is 9.63. The molecule has 0 aliphatic rings. The van der Waals surface area contributed by atoms with Crippen LogP contribution in [-0.2, 0) is 6.42 Å². The Morgan fingerprint density at radius 2 is 2.00 bits per heavy atom. The third kappa shape index (κ3) is 3.63. The Balaban J connectivity index is 2.55. The first-order valence-electron chi connectivity index (χ1n) is 5.44. The van der Waals surface area contributed by atoms with Gasteiger partial charge in [0.15, 0.2) is 0 Å². The van der Waals surface area contributed by atoms with E-state index in [0.29, 0.717) is 12.0 Å².